The van der Waals surface area contributed by atoms with Crippen LogP contribution in [0.5, 0.6) is 0 Å². The minimum absolute atomic E-state index is 0.113. The number of nitrogens with zero attached hydrogens (tertiary/aromatic N) is 1. The second-order valence-electron chi connectivity index (χ2n) is 2.71. The molecule has 13 heavy (non-hydrogen) atoms. The number of halogens is 2. The van der Waals surface area contributed by atoms with Crippen LogP contribution in [-0.4, -0.2) is 5.84 Å². The lowest BCUT2D eigenvalue weighted by molar-refractivity contribution is 0.627. The fourth-order valence-corrected chi connectivity index (χ4v) is 1.06. The van der Waals surface area contributed by atoms with Crippen molar-refractivity contribution < 1.29 is 4.39 Å². The highest BCUT2D eigenvalue weighted by Crippen LogP contribution is 2.16. The molecule has 0 aliphatic rings. The first-order valence-electron chi connectivity index (χ1n) is 3.80. The van der Waals surface area contributed by atoms with Gasteiger partial charge in [-0.1, -0.05) is 17.7 Å². The van der Waals surface area contributed by atoms with Gasteiger partial charge in [0.25, 0.3) is 0 Å². The van der Waals surface area contributed by atoms with Gasteiger partial charge in [-0.15, -0.1) is 0 Å². The van der Waals surface area contributed by atoms with Gasteiger partial charge in [0.05, 0.1) is 17.4 Å². The van der Waals surface area contributed by atoms with Gasteiger partial charge in [0.1, 0.15) is 5.82 Å². The van der Waals surface area contributed by atoms with Crippen LogP contribution in [0.3, 0.4) is 0 Å². The highest BCUT2D eigenvalue weighted by molar-refractivity contribution is 6.30. The third kappa shape index (κ3) is 3.03. The molecule has 0 fully saturated rings. The third-order valence-electron chi connectivity index (χ3n) is 1.50. The van der Waals surface area contributed by atoms with Crippen LogP contribution in [0.15, 0.2) is 23.2 Å². The lowest BCUT2D eigenvalue weighted by atomic mass is 10.2. The molecule has 2 nitrogen and oxygen atoms in total. The van der Waals surface area contributed by atoms with Crippen molar-refractivity contribution in [3.8, 4) is 0 Å². The topological polar surface area (TPSA) is 38.4 Å². The molecule has 0 amide bonds. The van der Waals surface area contributed by atoms with Crippen LogP contribution < -0.4 is 5.73 Å². The van der Waals surface area contributed by atoms with Crippen LogP contribution in [0.4, 0.5) is 4.39 Å². The first kappa shape index (κ1) is 9.99. The molecule has 2 N–H and O–H groups in total. The normalized spacial score (nSPS) is 11.8. The Balaban J connectivity index is 2.80. The van der Waals surface area contributed by atoms with E-state index >= 15 is 0 Å². The lowest BCUT2D eigenvalue weighted by Crippen LogP contribution is -2.05. The van der Waals surface area contributed by atoms with E-state index in [-0.39, 0.29) is 5.02 Å². The van der Waals surface area contributed by atoms with Crippen molar-refractivity contribution in [2.45, 2.75) is 13.5 Å². The second-order valence-corrected chi connectivity index (χ2v) is 3.11. The summed E-state index contributed by atoms with van der Waals surface area (Å²) in [6.07, 6.45) is 0. The molecule has 1 aromatic rings. The van der Waals surface area contributed by atoms with E-state index in [2.05, 4.69) is 4.99 Å². The number of hydrogen-bond acceptors (Lipinski definition) is 1. The average molecular weight is 201 g/mol. The van der Waals surface area contributed by atoms with E-state index in [1.807, 2.05) is 0 Å². The van der Waals surface area contributed by atoms with Gasteiger partial charge >= 0.3 is 0 Å². The SMILES string of the molecule is CC(N)=NCc1ccc(F)c(Cl)c1. The maximum absolute atomic E-state index is 12.7. The Bertz CT molecular complexity index is 332. The quantitative estimate of drug-likeness (QED) is 0.578. The standard InChI is InChI=1S/C9H10ClFN2/c1-6(12)13-5-7-2-3-9(11)8(10)4-7/h2-4H,5H2,1H3,(H2,12,13). The number of hydrogen-bond donors (Lipinski definition) is 1. The lowest BCUT2D eigenvalue weighted by Gasteiger charge is -1.99. The second kappa shape index (κ2) is 4.23. The van der Waals surface area contributed by atoms with Crippen molar-refractivity contribution in [3.05, 3.63) is 34.6 Å². The van der Waals surface area contributed by atoms with Crippen LogP contribution in [0, 0.1) is 5.82 Å². The number of rotatable bonds is 2. The molecule has 0 bridgehead atoms. The van der Waals surface area contributed by atoms with Crippen LogP contribution in [0.2, 0.25) is 5.02 Å². The molecule has 0 spiro atoms. The zero-order valence-corrected chi connectivity index (χ0v) is 7.98. The molecule has 4 heteroatoms. The summed E-state index contributed by atoms with van der Waals surface area (Å²) in [6, 6.07) is 4.50. The third-order valence-corrected chi connectivity index (χ3v) is 1.78. The Morgan fingerprint density at radius 1 is 1.62 bits per heavy atom. The summed E-state index contributed by atoms with van der Waals surface area (Å²) in [5.74, 6) is 0.0827. The highest BCUT2D eigenvalue weighted by atomic mass is 35.5. The van der Waals surface area contributed by atoms with E-state index in [4.69, 9.17) is 17.3 Å². The molecule has 0 radical (unpaired) electrons. The Morgan fingerprint density at radius 3 is 2.85 bits per heavy atom. The maximum Gasteiger partial charge on any atom is 0.141 e. The molecular weight excluding hydrogens is 191 g/mol. The van der Waals surface area contributed by atoms with Crippen molar-refractivity contribution in [1.82, 2.24) is 0 Å². The Labute approximate surface area is 81.2 Å². The molecule has 0 atom stereocenters. The van der Waals surface area contributed by atoms with Gasteiger partial charge in [0.15, 0.2) is 0 Å². The van der Waals surface area contributed by atoms with Gasteiger partial charge in [-0.25, -0.2) is 4.39 Å². The van der Waals surface area contributed by atoms with Crippen molar-refractivity contribution in [1.29, 1.82) is 0 Å². The summed E-state index contributed by atoms with van der Waals surface area (Å²) in [6.45, 7) is 2.13. The summed E-state index contributed by atoms with van der Waals surface area (Å²) in [7, 11) is 0. The van der Waals surface area contributed by atoms with Crippen LogP contribution >= 0.6 is 11.6 Å². The van der Waals surface area contributed by atoms with Crippen LogP contribution in [-0.2, 0) is 6.54 Å². The average Bonchev–Trinajstić information content (AvgIpc) is 2.07. The molecule has 70 valence electrons. The number of aliphatic imine (C=N–C) groups is 1. The van der Waals surface area contributed by atoms with Gasteiger partial charge in [-0.2, -0.15) is 0 Å². The van der Waals surface area contributed by atoms with Crippen molar-refractivity contribution in [2.24, 2.45) is 10.7 Å². The minimum Gasteiger partial charge on any atom is -0.388 e. The maximum atomic E-state index is 12.7. The van der Waals surface area contributed by atoms with Crippen LogP contribution in [0.25, 0.3) is 0 Å². The summed E-state index contributed by atoms with van der Waals surface area (Å²) in [5.41, 5.74) is 6.19. The fourth-order valence-electron chi connectivity index (χ4n) is 0.854. The van der Waals surface area contributed by atoms with Crippen molar-refractivity contribution >= 4 is 17.4 Å². The molecule has 0 heterocycles. The zero-order chi connectivity index (χ0) is 9.84. The fraction of sp³-hybridized carbons (Fsp3) is 0.222. The summed E-state index contributed by atoms with van der Waals surface area (Å²) in [5, 5.41) is 0.113. The van der Waals surface area contributed by atoms with E-state index in [9.17, 15) is 4.39 Å². The molecule has 0 aliphatic carbocycles. The highest BCUT2D eigenvalue weighted by Gasteiger charge is 1.99. The van der Waals surface area contributed by atoms with E-state index in [1.54, 1.807) is 19.1 Å². The van der Waals surface area contributed by atoms with Gasteiger partial charge < -0.3 is 5.73 Å². The Morgan fingerprint density at radius 2 is 2.31 bits per heavy atom. The summed E-state index contributed by atoms with van der Waals surface area (Å²) in [4.78, 5) is 3.98. The Kier molecular flexibility index (Phi) is 3.25. The van der Waals surface area contributed by atoms with E-state index in [1.165, 1.54) is 6.07 Å². The van der Waals surface area contributed by atoms with Gasteiger partial charge in [0.2, 0.25) is 0 Å². The monoisotopic (exact) mass is 200 g/mol. The predicted molar refractivity (Wildman–Crippen MR) is 52.4 cm³/mol. The molecule has 0 aliphatic heterocycles. The van der Waals surface area contributed by atoms with E-state index in [0.717, 1.165) is 5.56 Å². The first-order valence-corrected chi connectivity index (χ1v) is 4.18. The van der Waals surface area contributed by atoms with Crippen molar-refractivity contribution in [3.63, 3.8) is 0 Å². The molecule has 1 rings (SSSR count). The van der Waals surface area contributed by atoms with E-state index in [0.29, 0.717) is 12.4 Å². The number of amidine groups is 1. The smallest absolute Gasteiger partial charge is 0.141 e. The van der Waals surface area contributed by atoms with Gasteiger partial charge in [0, 0.05) is 0 Å². The number of benzene rings is 1. The molecule has 0 saturated carbocycles. The minimum atomic E-state index is -0.418. The van der Waals surface area contributed by atoms with Gasteiger partial charge in [-0.05, 0) is 24.6 Å². The van der Waals surface area contributed by atoms with E-state index < -0.39 is 5.82 Å². The molecule has 1 aromatic carbocycles. The largest absolute Gasteiger partial charge is 0.388 e. The zero-order valence-electron chi connectivity index (χ0n) is 7.22. The molecule has 0 saturated heterocycles. The van der Waals surface area contributed by atoms with Crippen molar-refractivity contribution in [2.75, 3.05) is 0 Å². The molecule has 0 unspecified atom stereocenters. The first-order chi connectivity index (χ1) is 6.09. The van der Waals surface area contributed by atoms with Gasteiger partial charge in [-0.3, -0.25) is 4.99 Å². The predicted octanol–water partition coefficient (Wildman–Crippen LogP) is 2.36. The molecular formula is C9H10ClFN2. The molecule has 0 aromatic heterocycles. The van der Waals surface area contributed by atoms with Crippen LogP contribution in [0.1, 0.15) is 12.5 Å². The number of nitrogens with two attached hydrogens (primary N) is 1. The Hall–Kier alpha value is -1.09. The summed E-state index contributed by atoms with van der Waals surface area (Å²) >= 11 is 5.57. The summed E-state index contributed by atoms with van der Waals surface area (Å²) < 4.78 is 12.7.